The Hall–Kier alpha value is -1.46. The molecule has 0 spiro atoms. The predicted octanol–water partition coefficient (Wildman–Crippen LogP) is 2.17. The zero-order valence-electron chi connectivity index (χ0n) is 11.5. The van der Waals surface area contributed by atoms with Gasteiger partial charge in [0.05, 0.1) is 12.2 Å². The van der Waals surface area contributed by atoms with Crippen LogP contribution in [0.5, 0.6) is 0 Å². The second kappa shape index (κ2) is 7.97. The number of nitrogens with one attached hydrogen (secondary N) is 2. The number of carbonyl (C=O) groups is 1. The number of anilines is 1. The van der Waals surface area contributed by atoms with Gasteiger partial charge in [0.2, 0.25) is 5.91 Å². The molecule has 2 rings (SSSR count). The topological polar surface area (TPSA) is 50.4 Å². The molecule has 2 N–H and O–H groups in total. The summed E-state index contributed by atoms with van der Waals surface area (Å²) in [7, 11) is 0. The van der Waals surface area contributed by atoms with Gasteiger partial charge in [0.15, 0.2) is 0 Å². The summed E-state index contributed by atoms with van der Waals surface area (Å²) in [6, 6.07) is 6.13. The standard InChI is InChI=1S/C15H21FN2O2/c16-13-4-1-2-5-14(13)18-15(19)10-17-8-3-9-20-11-12-6-7-12/h1-2,4-5,12,17H,3,6-11H2,(H,18,19). The van der Waals surface area contributed by atoms with Crippen molar-refractivity contribution in [1.29, 1.82) is 0 Å². The molecule has 1 aliphatic carbocycles. The molecule has 0 bridgehead atoms. The third-order valence-electron chi connectivity index (χ3n) is 3.13. The van der Waals surface area contributed by atoms with E-state index in [-0.39, 0.29) is 18.1 Å². The Kier molecular flexibility index (Phi) is 5.95. The fraction of sp³-hybridized carbons (Fsp3) is 0.533. The van der Waals surface area contributed by atoms with Gasteiger partial charge in [-0.15, -0.1) is 0 Å². The third-order valence-corrected chi connectivity index (χ3v) is 3.13. The van der Waals surface area contributed by atoms with Crippen molar-refractivity contribution in [2.75, 3.05) is 31.6 Å². The predicted molar refractivity (Wildman–Crippen MR) is 76.1 cm³/mol. The van der Waals surface area contributed by atoms with Crippen molar-refractivity contribution in [2.24, 2.45) is 5.92 Å². The molecule has 0 unspecified atom stereocenters. The van der Waals surface area contributed by atoms with Crippen LogP contribution in [0.4, 0.5) is 10.1 Å². The van der Waals surface area contributed by atoms with Gasteiger partial charge >= 0.3 is 0 Å². The average molecular weight is 280 g/mol. The number of halogens is 1. The first-order valence-electron chi connectivity index (χ1n) is 7.08. The van der Waals surface area contributed by atoms with E-state index < -0.39 is 5.82 Å². The van der Waals surface area contributed by atoms with Crippen LogP contribution in [0.1, 0.15) is 19.3 Å². The van der Waals surface area contributed by atoms with E-state index >= 15 is 0 Å². The van der Waals surface area contributed by atoms with E-state index in [0.29, 0.717) is 0 Å². The first kappa shape index (κ1) is 14.9. The summed E-state index contributed by atoms with van der Waals surface area (Å²) in [5.41, 5.74) is 0.215. The second-order valence-electron chi connectivity index (χ2n) is 5.08. The summed E-state index contributed by atoms with van der Waals surface area (Å²) < 4.78 is 18.8. The molecule has 1 saturated carbocycles. The number of hydrogen-bond acceptors (Lipinski definition) is 3. The van der Waals surface area contributed by atoms with Crippen LogP contribution in [0.15, 0.2) is 24.3 Å². The zero-order chi connectivity index (χ0) is 14.2. The molecular weight excluding hydrogens is 259 g/mol. The molecule has 1 aromatic rings. The summed E-state index contributed by atoms with van der Waals surface area (Å²) in [4.78, 5) is 11.6. The molecule has 1 aromatic carbocycles. The maximum atomic E-state index is 13.3. The Bertz CT molecular complexity index is 436. The summed E-state index contributed by atoms with van der Waals surface area (Å²) >= 11 is 0. The lowest BCUT2D eigenvalue weighted by atomic mass is 10.3. The molecule has 0 radical (unpaired) electrons. The van der Waals surface area contributed by atoms with Crippen molar-refractivity contribution < 1.29 is 13.9 Å². The first-order valence-corrected chi connectivity index (χ1v) is 7.08. The number of para-hydroxylation sites is 1. The molecule has 1 fully saturated rings. The molecule has 5 heteroatoms. The van der Waals surface area contributed by atoms with Gasteiger partial charge in [0.25, 0.3) is 0 Å². The number of benzene rings is 1. The molecule has 0 saturated heterocycles. The number of hydrogen-bond donors (Lipinski definition) is 2. The second-order valence-corrected chi connectivity index (χ2v) is 5.08. The molecule has 1 amide bonds. The maximum absolute atomic E-state index is 13.3. The highest BCUT2D eigenvalue weighted by atomic mass is 19.1. The van der Waals surface area contributed by atoms with Crippen molar-refractivity contribution in [2.45, 2.75) is 19.3 Å². The molecule has 110 valence electrons. The average Bonchev–Trinajstić information content (AvgIpc) is 3.24. The van der Waals surface area contributed by atoms with Crippen molar-refractivity contribution in [1.82, 2.24) is 5.32 Å². The molecule has 0 heterocycles. The van der Waals surface area contributed by atoms with Crippen LogP contribution < -0.4 is 10.6 Å². The number of rotatable bonds is 9. The summed E-state index contributed by atoms with van der Waals surface area (Å²) in [5.74, 6) is 0.123. The van der Waals surface area contributed by atoms with Crippen LogP contribution in [-0.2, 0) is 9.53 Å². The highest BCUT2D eigenvalue weighted by Gasteiger charge is 2.20. The minimum atomic E-state index is -0.422. The van der Waals surface area contributed by atoms with Gasteiger partial charge in [-0.2, -0.15) is 0 Å². The van der Waals surface area contributed by atoms with Crippen LogP contribution in [-0.4, -0.2) is 32.2 Å². The largest absolute Gasteiger partial charge is 0.381 e. The van der Waals surface area contributed by atoms with Gasteiger partial charge in [0, 0.05) is 13.2 Å². The highest BCUT2D eigenvalue weighted by Crippen LogP contribution is 2.28. The van der Waals surface area contributed by atoms with E-state index in [4.69, 9.17) is 4.74 Å². The quantitative estimate of drug-likeness (QED) is 0.682. The lowest BCUT2D eigenvalue weighted by Crippen LogP contribution is -2.29. The minimum Gasteiger partial charge on any atom is -0.381 e. The molecule has 4 nitrogen and oxygen atoms in total. The summed E-state index contributed by atoms with van der Waals surface area (Å²) in [6.07, 6.45) is 3.47. The Morgan fingerprint density at radius 3 is 2.90 bits per heavy atom. The first-order chi connectivity index (χ1) is 9.75. The lowest BCUT2D eigenvalue weighted by molar-refractivity contribution is -0.115. The van der Waals surface area contributed by atoms with E-state index in [9.17, 15) is 9.18 Å². The van der Waals surface area contributed by atoms with E-state index in [2.05, 4.69) is 10.6 Å². The Morgan fingerprint density at radius 2 is 2.15 bits per heavy atom. The monoisotopic (exact) mass is 280 g/mol. The Labute approximate surface area is 118 Å². The van der Waals surface area contributed by atoms with Crippen LogP contribution in [0.25, 0.3) is 0 Å². The van der Waals surface area contributed by atoms with Gasteiger partial charge in [-0.1, -0.05) is 12.1 Å². The van der Waals surface area contributed by atoms with Crippen LogP contribution in [0, 0.1) is 11.7 Å². The SMILES string of the molecule is O=C(CNCCCOCC1CC1)Nc1ccccc1F. The highest BCUT2D eigenvalue weighted by molar-refractivity contribution is 5.92. The van der Waals surface area contributed by atoms with Crippen LogP contribution in [0.3, 0.4) is 0 Å². The normalized spacial score (nSPS) is 14.2. The van der Waals surface area contributed by atoms with Gasteiger partial charge in [-0.3, -0.25) is 4.79 Å². The molecular formula is C15H21FN2O2. The minimum absolute atomic E-state index is 0.178. The van der Waals surface area contributed by atoms with Crippen molar-refractivity contribution >= 4 is 11.6 Å². The van der Waals surface area contributed by atoms with E-state index in [1.165, 1.54) is 18.9 Å². The van der Waals surface area contributed by atoms with Crippen LogP contribution in [0.2, 0.25) is 0 Å². The van der Waals surface area contributed by atoms with Crippen molar-refractivity contribution in [3.63, 3.8) is 0 Å². The molecule has 0 aromatic heterocycles. The smallest absolute Gasteiger partial charge is 0.238 e. The van der Waals surface area contributed by atoms with Gasteiger partial charge in [-0.05, 0) is 43.9 Å². The fourth-order valence-corrected chi connectivity index (χ4v) is 1.79. The summed E-state index contributed by atoms with van der Waals surface area (Å²) in [6.45, 7) is 2.48. The number of carbonyl (C=O) groups excluding carboxylic acids is 1. The van der Waals surface area contributed by atoms with E-state index in [1.807, 2.05) is 0 Å². The van der Waals surface area contributed by atoms with Crippen molar-refractivity contribution in [3.05, 3.63) is 30.1 Å². The third kappa shape index (κ3) is 5.67. The number of amides is 1. The Morgan fingerprint density at radius 1 is 1.35 bits per heavy atom. The zero-order valence-corrected chi connectivity index (χ0v) is 11.5. The van der Waals surface area contributed by atoms with Crippen LogP contribution >= 0.6 is 0 Å². The molecule has 20 heavy (non-hydrogen) atoms. The maximum Gasteiger partial charge on any atom is 0.238 e. The molecule has 0 atom stereocenters. The van der Waals surface area contributed by atoms with E-state index in [1.54, 1.807) is 18.2 Å². The van der Waals surface area contributed by atoms with Crippen molar-refractivity contribution in [3.8, 4) is 0 Å². The fourth-order valence-electron chi connectivity index (χ4n) is 1.79. The molecule has 1 aliphatic rings. The van der Waals surface area contributed by atoms with Gasteiger partial charge in [-0.25, -0.2) is 4.39 Å². The lowest BCUT2D eigenvalue weighted by Gasteiger charge is -2.07. The Balaban J connectivity index is 1.50. The number of ether oxygens (including phenoxy) is 1. The van der Waals surface area contributed by atoms with Gasteiger partial charge in [0.1, 0.15) is 5.82 Å². The molecule has 0 aliphatic heterocycles. The van der Waals surface area contributed by atoms with E-state index in [0.717, 1.165) is 32.1 Å². The summed E-state index contributed by atoms with van der Waals surface area (Å²) in [5, 5.41) is 5.54. The van der Waals surface area contributed by atoms with Gasteiger partial charge < -0.3 is 15.4 Å².